The molecule has 0 atom stereocenters. The van der Waals surface area contributed by atoms with Gasteiger partial charge in [0.05, 0.1) is 6.42 Å². The van der Waals surface area contributed by atoms with Crippen LogP contribution in [-0.4, -0.2) is 31.5 Å². The maximum absolute atomic E-state index is 13.3. The molecule has 0 fully saturated rings. The Hall–Kier alpha value is -3.03. The van der Waals surface area contributed by atoms with E-state index in [2.05, 4.69) is 10.6 Å². The van der Waals surface area contributed by atoms with Crippen molar-refractivity contribution in [2.24, 2.45) is 0 Å². The van der Waals surface area contributed by atoms with Crippen LogP contribution in [0.4, 0.5) is 13.2 Å². The Morgan fingerprint density at radius 3 is 2.12 bits per heavy atom. The third-order valence-electron chi connectivity index (χ3n) is 3.30. The molecule has 26 heavy (non-hydrogen) atoms. The van der Waals surface area contributed by atoms with Gasteiger partial charge in [0, 0.05) is 19.2 Å². The summed E-state index contributed by atoms with van der Waals surface area (Å²) in [5, 5.41) is 5.09. The molecular formula is C18H17F3N2O3. The molecule has 2 amide bonds. The fourth-order valence-electron chi connectivity index (χ4n) is 2.04. The van der Waals surface area contributed by atoms with E-state index in [1.807, 2.05) is 0 Å². The second kappa shape index (κ2) is 9.45. The van der Waals surface area contributed by atoms with Crippen LogP contribution in [0.1, 0.15) is 5.56 Å². The van der Waals surface area contributed by atoms with Crippen LogP contribution in [0.2, 0.25) is 0 Å². The molecular weight excluding hydrogens is 349 g/mol. The van der Waals surface area contributed by atoms with Gasteiger partial charge in [0.15, 0.2) is 18.2 Å². The molecule has 0 unspecified atom stereocenters. The summed E-state index contributed by atoms with van der Waals surface area (Å²) in [6, 6.07) is 8.34. The van der Waals surface area contributed by atoms with E-state index in [-0.39, 0.29) is 37.0 Å². The molecule has 0 aliphatic carbocycles. The summed E-state index contributed by atoms with van der Waals surface area (Å²) in [6.07, 6.45) is 0.0984. The second-order valence-electron chi connectivity index (χ2n) is 5.37. The van der Waals surface area contributed by atoms with Gasteiger partial charge in [-0.2, -0.15) is 0 Å². The van der Waals surface area contributed by atoms with E-state index in [0.717, 1.165) is 12.1 Å². The molecule has 0 aliphatic rings. The van der Waals surface area contributed by atoms with Crippen LogP contribution < -0.4 is 15.4 Å². The van der Waals surface area contributed by atoms with E-state index in [1.165, 1.54) is 24.3 Å². The lowest BCUT2D eigenvalue weighted by atomic mass is 10.1. The van der Waals surface area contributed by atoms with Crippen molar-refractivity contribution in [1.29, 1.82) is 0 Å². The highest BCUT2D eigenvalue weighted by Crippen LogP contribution is 2.17. The molecule has 5 nitrogen and oxygen atoms in total. The monoisotopic (exact) mass is 366 g/mol. The second-order valence-corrected chi connectivity index (χ2v) is 5.37. The van der Waals surface area contributed by atoms with Crippen molar-refractivity contribution >= 4 is 11.8 Å². The van der Waals surface area contributed by atoms with Crippen molar-refractivity contribution in [3.05, 3.63) is 65.5 Å². The number of ether oxygens (including phenoxy) is 1. The third-order valence-corrected chi connectivity index (χ3v) is 3.30. The van der Waals surface area contributed by atoms with Crippen LogP contribution in [0, 0.1) is 17.5 Å². The Labute approximate surface area is 148 Å². The van der Waals surface area contributed by atoms with Crippen LogP contribution in [0.15, 0.2) is 42.5 Å². The lowest BCUT2D eigenvalue weighted by Gasteiger charge is -2.09. The highest BCUT2D eigenvalue weighted by molar-refractivity contribution is 5.79. The zero-order valence-electron chi connectivity index (χ0n) is 13.7. The molecule has 0 radical (unpaired) electrons. The Morgan fingerprint density at radius 2 is 1.46 bits per heavy atom. The SMILES string of the molecule is O=C(COc1ccc(F)cc1F)NCCNC(=O)Cc1ccc(F)cc1. The summed E-state index contributed by atoms with van der Waals surface area (Å²) in [5.74, 6) is -3.02. The number of nitrogens with one attached hydrogen (secondary N) is 2. The van der Waals surface area contributed by atoms with Gasteiger partial charge in [-0.05, 0) is 29.8 Å². The van der Waals surface area contributed by atoms with E-state index in [9.17, 15) is 22.8 Å². The number of hydrogen-bond donors (Lipinski definition) is 2. The molecule has 138 valence electrons. The minimum atomic E-state index is -0.897. The molecule has 8 heteroatoms. The molecule has 2 rings (SSSR count). The summed E-state index contributed by atoms with van der Waals surface area (Å²) >= 11 is 0. The fraction of sp³-hybridized carbons (Fsp3) is 0.222. The predicted octanol–water partition coefficient (Wildman–Crippen LogP) is 1.96. The van der Waals surface area contributed by atoms with Gasteiger partial charge in [0.25, 0.3) is 5.91 Å². The number of benzene rings is 2. The summed E-state index contributed by atoms with van der Waals surface area (Å²) in [4.78, 5) is 23.3. The molecule has 2 N–H and O–H groups in total. The van der Waals surface area contributed by atoms with Gasteiger partial charge in [0.2, 0.25) is 5.91 Å². The average molecular weight is 366 g/mol. The first-order chi connectivity index (χ1) is 12.4. The number of amides is 2. The molecule has 0 saturated carbocycles. The molecule has 2 aromatic carbocycles. The molecule has 0 heterocycles. The van der Waals surface area contributed by atoms with Crippen molar-refractivity contribution in [3.8, 4) is 5.75 Å². The van der Waals surface area contributed by atoms with Gasteiger partial charge >= 0.3 is 0 Å². The molecule has 0 bridgehead atoms. The van der Waals surface area contributed by atoms with Crippen molar-refractivity contribution in [2.45, 2.75) is 6.42 Å². The molecule has 0 aliphatic heterocycles. The summed E-state index contributed by atoms with van der Waals surface area (Å²) in [6.45, 7) is -0.0913. The largest absolute Gasteiger partial charge is 0.481 e. The van der Waals surface area contributed by atoms with E-state index in [0.29, 0.717) is 11.6 Å². The first kappa shape index (κ1) is 19.3. The average Bonchev–Trinajstić information content (AvgIpc) is 2.60. The van der Waals surface area contributed by atoms with Crippen LogP contribution >= 0.6 is 0 Å². The highest BCUT2D eigenvalue weighted by atomic mass is 19.1. The number of hydrogen-bond acceptors (Lipinski definition) is 3. The lowest BCUT2D eigenvalue weighted by molar-refractivity contribution is -0.124. The van der Waals surface area contributed by atoms with Gasteiger partial charge in [-0.15, -0.1) is 0 Å². The Bertz CT molecular complexity index is 767. The van der Waals surface area contributed by atoms with Crippen LogP contribution in [0.5, 0.6) is 5.75 Å². The van der Waals surface area contributed by atoms with Crippen LogP contribution in [0.25, 0.3) is 0 Å². The molecule has 2 aromatic rings. The minimum absolute atomic E-state index is 0.0984. The van der Waals surface area contributed by atoms with Gasteiger partial charge in [-0.1, -0.05) is 12.1 Å². The van der Waals surface area contributed by atoms with E-state index in [1.54, 1.807) is 0 Å². The van der Waals surface area contributed by atoms with Crippen molar-refractivity contribution < 1.29 is 27.5 Å². The lowest BCUT2D eigenvalue weighted by Crippen LogP contribution is -2.37. The Balaban J connectivity index is 1.62. The third kappa shape index (κ3) is 6.46. The predicted molar refractivity (Wildman–Crippen MR) is 88.0 cm³/mol. The highest BCUT2D eigenvalue weighted by Gasteiger charge is 2.08. The van der Waals surface area contributed by atoms with Gasteiger partial charge in [-0.25, -0.2) is 13.2 Å². The zero-order valence-corrected chi connectivity index (χ0v) is 13.7. The zero-order chi connectivity index (χ0) is 18.9. The summed E-state index contributed by atoms with van der Waals surface area (Å²) in [7, 11) is 0. The Kier molecular flexibility index (Phi) is 7.02. The normalized spacial score (nSPS) is 10.3. The number of halogens is 3. The number of carbonyl (C=O) groups excluding carboxylic acids is 2. The fourth-order valence-corrected chi connectivity index (χ4v) is 2.04. The Morgan fingerprint density at radius 1 is 0.846 bits per heavy atom. The molecule has 0 saturated heterocycles. The first-order valence-electron chi connectivity index (χ1n) is 7.80. The van der Waals surface area contributed by atoms with Crippen LogP contribution in [-0.2, 0) is 16.0 Å². The quantitative estimate of drug-likeness (QED) is 0.702. The maximum Gasteiger partial charge on any atom is 0.258 e. The van der Waals surface area contributed by atoms with Crippen molar-refractivity contribution in [2.75, 3.05) is 19.7 Å². The smallest absolute Gasteiger partial charge is 0.258 e. The summed E-state index contributed by atoms with van der Waals surface area (Å²) < 4.78 is 43.8. The minimum Gasteiger partial charge on any atom is -0.481 e. The van der Waals surface area contributed by atoms with Crippen molar-refractivity contribution in [1.82, 2.24) is 10.6 Å². The van der Waals surface area contributed by atoms with E-state index < -0.39 is 24.1 Å². The maximum atomic E-state index is 13.3. The van der Waals surface area contributed by atoms with E-state index >= 15 is 0 Å². The number of rotatable bonds is 8. The molecule has 0 aromatic heterocycles. The van der Waals surface area contributed by atoms with Crippen molar-refractivity contribution in [3.63, 3.8) is 0 Å². The van der Waals surface area contributed by atoms with Gasteiger partial charge < -0.3 is 15.4 Å². The standard InChI is InChI=1S/C18H17F3N2O3/c19-13-3-1-12(2-4-13)9-17(24)22-7-8-23-18(25)11-26-16-6-5-14(20)10-15(16)21/h1-6,10H,7-9,11H2,(H,22,24)(H,23,25). The number of carbonyl (C=O) groups is 2. The van der Waals surface area contributed by atoms with E-state index in [4.69, 9.17) is 4.74 Å². The van der Waals surface area contributed by atoms with Gasteiger partial charge in [-0.3, -0.25) is 9.59 Å². The topological polar surface area (TPSA) is 67.4 Å². The van der Waals surface area contributed by atoms with Gasteiger partial charge in [0.1, 0.15) is 11.6 Å². The van der Waals surface area contributed by atoms with Crippen LogP contribution in [0.3, 0.4) is 0 Å². The first-order valence-corrected chi connectivity index (χ1v) is 7.80. The summed E-state index contributed by atoms with van der Waals surface area (Å²) in [5.41, 5.74) is 0.669. The molecule has 0 spiro atoms.